The molecule has 2 aliphatic rings. The van der Waals surface area contributed by atoms with E-state index >= 15 is 0 Å². The maximum absolute atomic E-state index is 5.68. The number of fused-ring (bicyclic) bond motifs is 1. The Hall–Kier alpha value is 0.570. The number of methoxy groups -OCH3 is 2. The summed E-state index contributed by atoms with van der Waals surface area (Å²) in [5.74, 6) is 0. The van der Waals surface area contributed by atoms with Crippen molar-refractivity contribution in [2.45, 2.75) is 21.9 Å². The van der Waals surface area contributed by atoms with Crippen molar-refractivity contribution < 1.29 is 18.9 Å². The lowest BCUT2D eigenvalue weighted by Gasteiger charge is -2.25. The second-order valence-electron chi connectivity index (χ2n) is 3.26. The summed E-state index contributed by atoms with van der Waals surface area (Å²) in [6, 6.07) is 0. The highest BCUT2D eigenvalue weighted by atomic mass is 127. The average Bonchev–Trinajstić information content (AvgIpc) is 2.59. The highest BCUT2D eigenvalue weighted by Gasteiger charge is 2.59. The first-order valence-electron chi connectivity index (χ1n) is 4.22. The van der Waals surface area contributed by atoms with E-state index in [9.17, 15) is 0 Å². The number of hydrogen-bond acceptors (Lipinski definition) is 4. The highest BCUT2D eigenvalue weighted by Crippen LogP contribution is 2.44. The van der Waals surface area contributed by atoms with Gasteiger partial charge in [-0.2, -0.15) is 0 Å². The Bertz CT molecular complexity index is 201. The van der Waals surface area contributed by atoms with E-state index < -0.39 is 0 Å². The molecule has 0 aromatic heterocycles. The normalized spacial score (nSPS) is 49.6. The molecule has 2 fully saturated rings. The summed E-state index contributed by atoms with van der Waals surface area (Å²) in [6.07, 6.45) is 0.0540. The first-order chi connectivity index (χ1) is 6.22. The molecule has 0 aliphatic carbocycles. The summed E-state index contributed by atoms with van der Waals surface area (Å²) in [6.45, 7) is 1.17. The monoisotopic (exact) mass is 300 g/mol. The fourth-order valence-electron chi connectivity index (χ4n) is 1.86. The second kappa shape index (κ2) is 3.62. The first kappa shape index (κ1) is 10.1. The van der Waals surface area contributed by atoms with Crippen molar-refractivity contribution in [1.29, 1.82) is 0 Å². The second-order valence-corrected chi connectivity index (χ2v) is 4.95. The Morgan fingerprint density at radius 3 is 2.69 bits per heavy atom. The third-order valence-electron chi connectivity index (χ3n) is 2.65. The van der Waals surface area contributed by atoms with Gasteiger partial charge in [0.2, 0.25) is 0 Å². The Morgan fingerprint density at radius 2 is 2.08 bits per heavy atom. The minimum atomic E-state index is -0.354. The minimum absolute atomic E-state index is 0.00282. The molecule has 2 saturated heterocycles. The van der Waals surface area contributed by atoms with Crippen LogP contribution >= 0.6 is 22.6 Å². The van der Waals surface area contributed by atoms with E-state index in [0.29, 0.717) is 13.2 Å². The third-order valence-corrected chi connectivity index (χ3v) is 4.27. The minimum Gasteiger partial charge on any atom is -0.376 e. The lowest BCUT2D eigenvalue weighted by molar-refractivity contribution is -0.0298. The van der Waals surface area contributed by atoms with Crippen LogP contribution in [0.3, 0.4) is 0 Å². The van der Waals surface area contributed by atoms with Crippen molar-refractivity contribution >= 4 is 22.6 Å². The summed E-state index contributed by atoms with van der Waals surface area (Å²) in [5.41, 5.74) is 0. The molecule has 0 spiro atoms. The number of rotatable bonds is 2. The van der Waals surface area contributed by atoms with E-state index in [0.717, 1.165) is 0 Å². The molecular formula is C8H13IO4. The Balaban J connectivity index is 2.15. The van der Waals surface area contributed by atoms with Crippen molar-refractivity contribution in [3.8, 4) is 0 Å². The van der Waals surface area contributed by atoms with Gasteiger partial charge in [0.1, 0.15) is 18.3 Å². The molecule has 76 valence electrons. The predicted octanol–water partition coefficient (Wildman–Crippen LogP) is 0.577. The zero-order valence-corrected chi connectivity index (χ0v) is 9.81. The van der Waals surface area contributed by atoms with Crippen LogP contribution in [0.1, 0.15) is 0 Å². The van der Waals surface area contributed by atoms with Gasteiger partial charge in [0.25, 0.3) is 0 Å². The SMILES string of the molecule is COC1CO[C@]2(I)[C@@H](OC)CO[C@H]12. The molecule has 0 saturated carbocycles. The van der Waals surface area contributed by atoms with Gasteiger partial charge in [0.05, 0.1) is 13.2 Å². The van der Waals surface area contributed by atoms with Gasteiger partial charge >= 0.3 is 0 Å². The van der Waals surface area contributed by atoms with Gasteiger partial charge in [-0.3, -0.25) is 0 Å². The predicted molar refractivity (Wildman–Crippen MR) is 54.0 cm³/mol. The quantitative estimate of drug-likeness (QED) is 0.552. The molecule has 0 aromatic carbocycles. The summed E-state index contributed by atoms with van der Waals surface area (Å²) in [4.78, 5) is 0. The molecule has 13 heavy (non-hydrogen) atoms. The van der Waals surface area contributed by atoms with Crippen LogP contribution in [0.2, 0.25) is 0 Å². The number of ether oxygens (including phenoxy) is 4. The molecule has 0 amide bonds. The van der Waals surface area contributed by atoms with Gasteiger partial charge in [-0.1, -0.05) is 0 Å². The van der Waals surface area contributed by atoms with E-state index in [1.165, 1.54) is 0 Å². The molecule has 4 nitrogen and oxygen atoms in total. The Morgan fingerprint density at radius 1 is 1.31 bits per heavy atom. The van der Waals surface area contributed by atoms with Crippen LogP contribution in [0.25, 0.3) is 0 Å². The number of alkyl halides is 1. The van der Waals surface area contributed by atoms with Crippen molar-refractivity contribution in [2.24, 2.45) is 0 Å². The molecule has 2 aliphatic heterocycles. The van der Waals surface area contributed by atoms with Crippen LogP contribution in [0.4, 0.5) is 0 Å². The fraction of sp³-hybridized carbons (Fsp3) is 1.00. The largest absolute Gasteiger partial charge is 0.376 e. The van der Waals surface area contributed by atoms with Gasteiger partial charge in [-0.15, -0.1) is 0 Å². The van der Waals surface area contributed by atoms with Gasteiger partial charge in [-0.25, -0.2) is 0 Å². The molecule has 0 aromatic rings. The van der Waals surface area contributed by atoms with Crippen LogP contribution in [0, 0.1) is 0 Å². The van der Waals surface area contributed by atoms with E-state index in [4.69, 9.17) is 18.9 Å². The Kier molecular flexibility index (Phi) is 2.81. The van der Waals surface area contributed by atoms with Crippen LogP contribution in [0.15, 0.2) is 0 Å². The summed E-state index contributed by atoms with van der Waals surface area (Å²) in [5, 5.41) is 0. The van der Waals surface area contributed by atoms with Gasteiger partial charge < -0.3 is 18.9 Å². The third kappa shape index (κ3) is 1.41. The number of halogens is 1. The van der Waals surface area contributed by atoms with Gasteiger partial charge in [0, 0.05) is 14.2 Å². The smallest absolute Gasteiger partial charge is 0.175 e. The molecule has 0 bridgehead atoms. The van der Waals surface area contributed by atoms with Crippen LogP contribution in [0.5, 0.6) is 0 Å². The lowest BCUT2D eigenvalue weighted by Crippen LogP contribution is -2.42. The topological polar surface area (TPSA) is 36.9 Å². The zero-order valence-electron chi connectivity index (χ0n) is 7.66. The molecular weight excluding hydrogens is 287 g/mol. The maximum atomic E-state index is 5.68. The fourth-order valence-corrected chi connectivity index (χ4v) is 3.05. The van der Waals surface area contributed by atoms with Crippen molar-refractivity contribution in [3.05, 3.63) is 0 Å². The standard InChI is InChI=1S/C8H13IO4/c1-10-5-3-13-8(9)6(11-2)4-12-7(5)8/h5-7H,3-4H2,1-2H3/t5?,6-,7+,8+/m0/s1. The van der Waals surface area contributed by atoms with Crippen LogP contribution in [-0.2, 0) is 18.9 Å². The molecule has 4 atom stereocenters. The summed E-state index contributed by atoms with van der Waals surface area (Å²) < 4.78 is 21.5. The zero-order chi connectivity index (χ0) is 9.47. The van der Waals surface area contributed by atoms with E-state index in [1.54, 1.807) is 14.2 Å². The molecule has 2 heterocycles. The number of hydrogen-bond donors (Lipinski definition) is 0. The average molecular weight is 300 g/mol. The highest BCUT2D eigenvalue weighted by molar-refractivity contribution is 14.1. The van der Waals surface area contributed by atoms with Crippen molar-refractivity contribution in [3.63, 3.8) is 0 Å². The van der Waals surface area contributed by atoms with E-state index in [2.05, 4.69) is 22.6 Å². The Labute approximate surface area is 91.0 Å². The summed E-state index contributed by atoms with van der Waals surface area (Å²) in [7, 11) is 3.36. The maximum Gasteiger partial charge on any atom is 0.175 e. The summed E-state index contributed by atoms with van der Waals surface area (Å²) >= 11 is 2.27. The van der Waals surface area contributed by atoms with Crippen LogP contribution < -0.4 is 0 Å². The van der Waals surface area contributed by atoms with Crippen molar-refractivity contribution in [1.82, 2.24) is 0 Å². The van der Waals surface area contributed by atoms with Crippen LogP contribution in [-0.4, -0.2) is 49.4 Å². The molecule has 1 unspecified atom stereocenters. The first-order valence-corrected chi connectivity index (χ1v) is 5.30. The molecule has 5 heteroatoms. The van der Waals surface area contributed by atoms with Gasteiger partial charge in [0.15, 0.2) is 3.61 Å². The van der Waals surface area contributed by atoms with E-state index in [-0.39, 0.29) is 21.9 Å². The molecule has 0 radical (unpaired) electrons. The van der Waals surface area contributed by atoms with E-state index in [1.807, 2.05) is 0 Å². The molecule has 0 N–H and O–H groups in total. The molecule has 2 rings (SSSR count). The van der Waals surface area contributed by atoms with Crippen molar-refractivity contribution in [2.75, 3.05) is 27.4 Å². The van der Waals surface area contributed by atoms with Gasteiger partial charge in [-0.05, 0) is 22.6 Å². The lowest BCUT2D eigenvalue weighted by atomic mass is 10.1.